The normalized spacial score (nSPS) is 19.6. The van der Waals surface area contributed by atoms with Crippen molar-refractivity contribution in [2.24, 2.45) is 16.3 Å². The number of aryl methyl sites for hydroxylation is 1. The molecule has 0 aromatic carbocycles. The van der Waals surface area contributed by atoms with Crippen LogP contribution in [0.3, 0.4) is 0 Å². The molecule has 1 aromatic heterocycles. The standard InChI is InChI=1S/C28H40N4/c1-8-11-23(17-20(5)18(2)3)27-24-16-19(4)14-15-25(24)30-28(22-12-9-10-13-22)26(27)21(6)31-32-29-7/h8,11,17,19,22H,6,9-10,12-16H2,1-5,7H3,(H,29,31)/b11-8-,23-17+. The molecule has 0 saturated heterocycles. The van der Waals surface area contributed by atoms with Gasteiger partial charge in [0.15, 0.2) is 0 Å². The van der Waals surface area contributed by atoms with Gasteiger partial charge in [0.05, 0.1) is 18.4 Å². The third-order valence-corrected chi connectivity index (χ3v) is 6.96. The van der Waals surface area contributed by atoms with E-state index in [1.54, 1.807) is 7.05 Å². The summed E-state index contributed by atoms with van der Waals surface area (Å²) in [4.78, 5) is 5.34. The van der Waals surface area contributed by atoms with Gasteiger partial charge in [0, 0.05) is 17.2 Å². The molecular formula is C28H40N4. The summed E-state index contributed by atoms with van der Waals surface area (Å²) in [6.45, 7) is 15.4. The second kappa shape index (κ2) is 10.9. The molecule has 0 amide bonds. The van der Waals surface area contributed by atoms with Crippen molar-refractivity contribution >= 4 is 11.3 Å². The Morgan fingerprint density at radius 3 is 2.47 bits per heavy atom. The lowest BCUT2D eigenvalue weighted by Crippen LogP contribution is -2.21. The number of hydrogen-bond acceptors (Lipinski definition) is 3. The predicted octanol–water partition coefficient (Wildman–Crippen LogP) is 7.74. The second-order valence-electron chi connectivity index (χ2n) is 9.67. The smallest absolute Gasteiger partial charge is 0.0604 e. The van der Waals surface area contributed by atoms with Crippen LogP contribution in [0.1, 0.15) is 101 Å². The molecule has 1 fully saturated rings. The van der Waals surface area contributed by atoms with Gasteiger partial charge in [-0.25, -0.2) is 0 Å². The first-order chi connectivity index (χ1) is 15.4. The maximum atomic E-state index is 5.34. The molecule has 0 spiro atoms. The third kappa shape index (κ3) is 5.28. The zero-order valence-corrected chi connectivity index (χ0v) is 20.9. The Morgan fingerprint density at radius 2 is 1.84 bits per heavy atom. The van der Waals surface area contributed by atoms with Crippen molar-refractivity contribution in [3.63, 3.8) is 0 Å². The van der Waals surface area contributed by atoms with E-state index in [-0.39, 0.29) is 0 Å². The molecule has 4 nitrogen and oxygen atoms in total. The van der Waals surface area contributed by atoms with Gasteiger partial charge in [0.25, 0.3) is 0 Å². The summed E-state index contributed by atoms with van der Waals surface area (Å²) in [5.74, 6) is 1.14. The summed E-state index contributed by atoms with van der Waals surface area (Å²) < 4.78 is 0. The highest BCUT2D eigenvalue weighted by Crippen LogP contribution is 2.43. The largest absolute Gasteiger partial charge is 0.260 e. The van der Waals surface area contributed by atoms with Crippen molar-refractivity contribution in [3.05, 3.63) is 64.0 Å². The molecule has 3 rings (SSSR count). The second-order valence-corrected chi connectivity index (χ2v) is 9.67. The van der Waals surface area contributed by atoms with Crippen LogP contribution in [-0.4, -0.2) is 12.0 Å². The average molecular weight is 433 g/mol. The minimum atomic E-state index is 0.488. The fourth-order valence-electron chi connectivity index (χ4n) is 5.00. The molecule has 0 radical (unpaired) electrons. The Morgan fingerprint density at radius 1 is 1.12 bits per heavy atom. The molecule has 1 N–H and O–H groups in total. The Bertz CT molecular complexity index is 968. The van der Waals surface area contributed by atoms with Crippen LogP contribution in [0.25, 0.3) is 11.3 Å². The highest BCUT2D eigenvalue weighted by Gasteiger charge is 2.31. The van der Waals surface area contributed by atoms with E-state index in [0.717, 1.165) is 24.1 Å². The first kappa shape index (κ1) is 24.2. The van der Waals surface area contributed by atoms with Gasteiger partial charge < -0.3 is 0 Å². The lowest BCUT2D eigenvalue weighted by atomic mass is 9.79. The van der Waals surface area contributed by atoms with Crippen LogP contribution in [0, 0.1) is 5.92 Å². The highest BCUT2D eigenvalue weighted by molar-refractivity contribution is 5.87. The van der Waals surface area contributed by atoms with Gasteiger partial charge >= 0.3 is 0 Å². The van der Waals surface area contributed by atoms with Crippen LogP contribution in [0.2, 0.25) is 0 Å². The van der Waals surface area contributed by atoms with Crippen LogP contribution in [-0.2, 0) is 12.8 Å². The molecule has 32 heavy (non-hydrogen) atoms. The van der Waals surface area contributed by atoms with Crippen molar-refractivity contribution in [1.29, 1.82) is 0 Å². The maximum absolute atomic E-state index is 5.34. The topological polar surface area (TPSA) is 49.6 Å². The predicted molar refractivity (Wildman–Crippen MR) is 136 cm³/mol. The van der Waals surface area contributed by atoms with Crippen LogP contribution in [0.5, 0.6) is 0 Å². The quantitative estimate of drug-likeness (QED) is 0.272. The Kier molecular flexibility index (Phi) is 8.22. The number of aromatic nitrogens is 1. The van der Waals surface area contributed by atoms with Gasteiger partial charge in [-0.2, -0.15) is 5.11 Å². The molecular weight excluding hydrogens is 392 g/mol. The van der Waals surface area contributed by atoms with Gasteiger partial charge in [-0.3, -0.25) is 10.4 Å². The lowest BCUT2D eigenvalue weighted by Gasteiger charge is -2.29. The molecule has 1 unspecified atom stereocenters. The van der Waals surface area contributed by atoms with Crippen LogP contribution in [0.15, 0.2) is 46.3 Å². The lowest BCUT2D eigenvalue weighted by molar-refractivity contribution is 0.490. The summed E-state index contributed by atoms with van der Waals surface area (Å²) >= 11 is 0. The van der Waals surface area contributed by atoms with Crippen LogP contribution < -0.4 is 5.43 Å². The maximum Gasteiger partial charge on any atom is 0.0604 e. The van der Waals surface area contributed by atoms with Crippen LogP contribution >= 0.6 is 0 Å². The molecule has 2 aliphatic rings. The zero-order valence-electron chi connectivity index (χ0n) is 20.9. The molecule has 1 heterocycles. The summed E-state index contributed by atoms with van der Waals surface area (Å²) in [5, 5.41) is 7.99. The number of fused-ring (bicyclic) bond motifs is 1. The van der Waals surface area contributed by atoms with Gasteiger partial charge in [-0.1, -0.05) is 60.9 Å². The van der Waals surface area contributed by atoms with E-state index in [2.05, 4.69) is 75.2 Å². The summed E-state index contributed by atoms with van der Waals surface area (Å²) in [6.07, 6.45) is 15.0. The summed E-state index contributed by atoms with van der Waals surface area (Å²) in [6, 6.07) is 0. The zero-order chi connectivity index (χ0) is 23.3. The van der Waals surface area contributed by atoms with E-state index in [4.69, 9.17) is 4.98 Å². The SMILES string of the molecule is C=C(NN=NC)c1c(C2CCCC2)nc2c(c1C(/C=C\C)=C/C(C)=C(C)C)CC(C)CC2. The minimum absolute atomic E-state index is 0.488. The third-order valence-electron chi connectivity index (χ3n) is 6.96. The van der Waals surface area contributed by atoms with Crippen molar-refractivity contribution in [2.45, 2.75) is 85.5 Å². The molecule has 1 saturated carbocycles. The van der Waals surface area contributed by atoms with Crippen molar-refractivity contribution in [2.75, 3.05) is 7.05 Å². The molecule has 1 aromatic rings. The molecule has 1 atom stereocenters. The van der Waals surface area contributed by atoms with E-state index in [1.165, 1.54) is 71.3 Å². The van der Waals surface area contributed by atoms with E-state index in [1.807, 2.05) is 0 Å². The van der Waals surface area contributed by atoms with Crippen molar-refractivity contribution in [3.8, 4) is 0 Å². The van der Waals surface area contributed by atoms with E-state index >= 15 is 0 Å². The highest BCUT2D eigenvalue weighted by atomic mass is 15.4. The van der Waals surface area contributed by atoms with E-state index < -0.39 is 0 Å². The number of nitrogens with zero attached hydrogens (tertiary/aromatic N) is 3. The summed E-state index contributed by atoms with van der Waals surface area (Å²) in [7, 11) is 1.68. The number of hydrogen-bond donors (Lipinski definition) is 1. The Hall–Kier alpha value is -2.49. The first-order valence-electron chi connectivity index (χ1n) is 12.2. The monoisotopic (exact) mass is 432 g/mol. The van der Waals surface area contributed by atoms with Gasteiger partial charge in [-0.05, 0) is 82.4 Å². The molecule has 4 heteroatoms. The van der Waals surface area contributed by atoms with E-state index in [0.29, 0.717) is 11.8 Å². The van der Waals surface area contributed by atoms with E-state index in [9.17, 15) is 0 Å². The number of allylic oxidation sites excluding steroid dienone is 6. The molecule has 2 aliphatic carbocycles. The van der Waals surface area contributed by atoms with Crippen molar-refractivity contribution < 1.29 is 0 Å². The fraction of sp³-hybridized carbons (Fsp3) is 0.536. The van der Waals surface area contributed by atoms with Gasteiger partial charge in [-0.15, -0.1) is 0 Å². The van der Waals surface area contributed by atoms with Crippen molar-refractivity contribution in [1.82, 2.24) is 10.4 Å². The Balaban J connectivity index is 2.38. The fourth-order valence-corrected chi connectivity index (χ4v) is 5.00. The summed E-state index contributed by atoms with van der Waals surface area (Å²) in [5.41, 5.74) is 14.1. The van der Waals surface area contributed by atoms with Gasteiger partial charge in [0.2, 0.25) is 0 Å². The number of pyridine rings is 1. The molecule has 172 valence electrons. The average Bonchev–Trinajstić information content (AvgIpc) is 3.30. The molecule has 0 aliphatic heterocycles. The Labute approximate surface area is 194 Å². The first-order valence-corrected chi connectivity index (χ1v) is 12.2. The minimum Gasteiger partial charge on any atom is -0.260 e. The van der Waals surface area contributed by atoms with Crippen LogP contribution in [0.4, 0.5) is 0 Å². The number of nitrogens with one attached hydrogen (secondary N) is 1. The van der Waals surface area contributed by atoms with Gasteiger partial charge in [0.1, 0.15) is 0 Å². The number of rotatable bonds is 7. The molecule has 0 bridgehead atoms.